The van der Waals surface area contributed by atoms with Crippen LogP contribution in [-0.2, 0) is 4.74 Å². The minimum absolute atomic E-state index is 0.306. The topological polar surface area (TPSA) is 21.3 Å². The number of hydrogen-bond acceptors (Lipinski definition) is 2. The zero-order valence-corrected chi connectivity index (χ0v) is 8.26. The van der Waals surface area contributed by atoms with E-state index in [1.165, 1.54) is 0 Å². The Labute approximate surface area is 75.7 Å². The van der Waals surface area contributed by atoms with Crippen LogP contribution in [0.5, 0.6) is 0 Å². The fourth-order valence-electron chi connectivity index (χ4n) is 1.13. The standard InChI is InChI=1S/C10H19NO/c1-5-6-7-10(11-3)8-9(2)12-4/h1,9-11H,6-8H2,2-4H3. The summed E-state index contributed by atoms with van der Waals surface area (Å²) in [6.07, 6.45) is 8.38. The first-order valence-electron chi connectivity index (χ1n) is 4.38. The summed E-state index contributed by atoms with van der Waals surface area (Å²) in [6.45, 7) is 2.07. The van der Waals surface area contributed by atoms with Crippen molar-refractivity contribution in [3.8, 4) is 12.3 Å². The van der Waals surface area contributed by atoms with E-state index >= 15 is 0 Å². The average Bonchev–Trinajstić information content (AvgIpc) is 2.11. The molecule has 0 aromatic heterocycles. The highest BCUT2D eigenvalue weighted by molar-refractivity contribution is 4.85. The summed E-state index contributed by atoms with van der Waals surface area (Å²) in [5, 5.41) is 3.23. The predicted molar refractivity (Wildman–Crippen MR) is 52.0 cm³/mol. The SMILES string of the molecule is C#CCCC(CC(C)OC)NC. The fourth-order valence-corrected chi connectivity index (χ4v) is 1.13. The molecule has 0 heterocycles. The Balaban J connectivity index is 3.60. The summed E-state index contributed by atoms with van der Waals surface area (Å²) in [5.74, 6) is 2.64. The molecule has 0 amide bonds. The molecule has 0 saturated carbocycles. The third-order valence-corrected chi connectivity index (χ3v) is 2.06. The Morgan fingerprint density at radius 3 is 2.67 bits per heavy atom. The molecule has 0 saturated heterocycles. The van der Waals surface area contributed by atoms with Crippen molar-refractivity contribution in [3.05, 3.63) is 0 Å². The fraction of sp³-hybridized carbons (Fsp3) is 0.800. The van der Waals surface area contributed by atoms with Crippen molar-refractivity contribution in [1.29, 1.82) is 0 Å². The maximum atomic E-state index is 5.19. The summed E-state index contributed by atoms with van der Waals surface area (Å²) in [7, 11) is 3.70. The van der Waals surface area contributed by atoms with E-state index in [1.54, 1.807) is 7.11 Å². The zero-order valence-electron chi connectivity index (χ0n) is 8.26. The van der Waals surface area contributed by atoms with Crippen molar-refractivity contribution in [2.75, 3.05) is 14.2 Å². The van der Waals surface area contributed by atoms with Gasteiger partial charge in [0.2, 0.25) is 0 Å². The van der Waals surface area contributed by atoms with Gasteiger partial charge < -0.3 is 10.1 Å². The van der Waals surface area contributed by atoms with Crippen LogP contribution in [0.2, 0.25) is 0 Å². The molecule has 0 radical (unpaired) electrons. The normalized spacial score (nSPS) is 15.2. The Morgan fingerprint density at radius 2 is 2.25 bits per heavy atom. The molecule has 0 spiro atoms. The van der Waals surface area contributed by atoms with Gasteiger partial charge in [0.15, 0.2) is 0 Å². The highest BCUT2D eigenvalue weighted by Crippen LogP contribution is 2.06. The van der Waals surface area contributed by atoms with Crippen LogP contribution in [0.25, 0.3) is 0 Å². The van der Waals surface area contributed by atoms with Gasteiger partial charge in [0.05, 0.1) is 6.10 Å². The van der Waals surface area contributed by atoms with Crippen LogP contribution in [-0.4, -0.2) is 26.3 Å². The van der Waals surface area contributed by atoms with Gasteiger partial charge in [0.1, 0.15) is 0 Å². The lowest BCUT2D eigenvalue weighted by atomic mass is 10.1. The van der Waals surface area contributed by atoms with Gasteiger partial charge in [0.25, 0.3) is 0 Å². The van der Waals surface area contributed by atoms with E-state index in [1.807, 2.05) is 7.05 Å². The molecule has 0 rings (SSSR count). The molecule has 0 aliphatic heterocycles. The number of methoxy groups -OCH3 is 1. The Bertz CT molecular complexity index is 139. The summed E-state index contributed by atoms with van der Waals surface area (Å²) in [5.41, 5.74) is 0. The second-order valence-corrected chi connectivity index (χ2v) is 3.01. The summed E-state index contributed by atoms with van der Waals surface area (Å²) in [6, 6.07) is 0.482. The number of rotatable bonds is 6. The van der Waals surface area contributed by atoms with E-state index in [0.717, 1.165) is 19.3 Å². The Kier molecular flexibility index (Phi) is 6.84. The third-order valence-electron chi connectivity index (χ3n) is 2.06. The molecule has 2 nitrogen and oxygen atoms in total. The second-order valence-electron chi connectivity index (χ2n) is 3.01. The van der Waals surface area contributed by atoms with Crippen molar-refractivity contribution in [2.24, 2.45) is 0 Å². The first kappa shape index (κ1) is 11.5. The van der Waals surface area contributed by atoms with E-state index < -0.39 is 0 Å². The van der Waals surface area contributed by atoms with E-state index in [0.29, 0.717) is 12.1 Å². The van der Waals surface area contributed by atoms with Gasteiger partial charge in [-0.05, 0) is 26.8 Å². The van der Waals surface area contributed by atoms with Crippen LogP contribution in [0, 0.1) is 12.3 Å². The van der Waals surface area contributed by atoms with Crippen molar-refractivity contribution in [2.45, 2.75) is 38.3 Å². The van der Waals surface area contributed by atoms with Crippen molar-refractivity contribution in [1.82, 2.24) is 5.32 Å². The van der Waals surface area contributed by atoms with Gasteiger partial charge in [-0.15, -0.1) is 12.3 Å². The molecule has 0 aliphatic carbocycles. The van der Waals surface area contributed by atoms with Crippen LogP contribution >= 0.6 is 0 Å². The monoisotopic (exact) mass is 169 g/mol. The van der Waals surface area contributed by atoms with Gasteiger partial charge in [-0.1, -0.05) is 0 Å². The van der Waals surface area contributed by atoms with Gasteiger partial charge >= 0.3 is 0 Å². The first-order valence-corrected chi connectivity index (χ1v) is 4.38. The lowest BCUT2D eigenvalue weighted by Gasteiger charge is -2.18. The molecule has 2 unspecified atom stereocenters. The highest BCUT2D eigenvalue weighted by atomic mass is 16.5. The molecule has 2 atom stereocenters. The molecular formula is C10H19NO. The van der Waals surface area contributed by atoms with Crippen molar-refractivity contribution in [3.63, 3.8) is 0 Å². The van der Waals surface area contributed by atoms with E-state index in [-0.39, 0.29) is 0 Å². The van der Waals surface area contributed by atoms with E-state index in [2.05, 4.69) is 18.2 Å². The molecular weight excluding hydrogens is 150 g/mol. The summed E-state index contributed by atoms with van der Waals surface area (Å²) in [4.78, 5) is 0. The lowest BCUT2D eigenvalue weighted by molar-refractivity contribution is 0.100. The quantitative estimate of drug-likeness (QED) is 0.607. The Morgan fingerprint density at radius 1 is 1.58 bits per heavy atom. The van der Waals surface area contributed by atoms with Gasteiger partial charge in [-0.3, -0.25) is 0 Å². The van der Waals surface area contributed by atoms with Crippen LogP contribution in [0.1, 0.15) is 26.2 Å². The predicted octanol–water partition coefficient (Wildman–Crippen LogP) is 1.41. The van der Waals surface area contributed by atoms with Crippen LogP contribution in [0.4, 0.5) is 0 Å². The number of terminal acetylenes is 1. The maximum Gasteiger partial charge on any atom is 0.0558 e. The maximum absolute atomic E-state index is 5.19. The third kappa shape index (κ3) is 5.17. The number of nitrogens with one attached hydrogen (secondary N) is 1. The Hall–Kier alpha value is -0.520. The molecule has 2 heteroatoms. The lowest BCUT2D eigenvalue weighted by Crippen LogP contribution is -2.29. The number of ether oxygens (including phenoxy) is 1. The minimum atomic E-state index is 0.306. The minimum Gasteiger partial charge on any atom is -0.382 e. The smallest absolute Gasteiger partial charge is 0.0558 e. The van der Waals surface area contributed by atoms with Crippen LogP contribution < -0.4 is 5.32 Å². The molecule has 0 fully saturated rings. The molecule has 0 aromatic rings. The van der Waals surface area contributed by atoms with Crippen molar-refractivity contribution < 1.29 is 4.74 Å². The van der Waals surface area contributed by atoms with E-state index in [4.69, 9.17) is 11.2 Å². The van der Waals surface area contributed by atoms with Gasteiger partial charge in [-0.25, -0.2) is 0 Å². The molecule has 0 aromatic carbocycles. The second kappa shape index (κ2) is 7.15. The first-order chi connectivity index (χ1) is 5.74. The molecule has 1 N–H and O–H groups in total. The highest BCUT2D eigenvalue weighted by Gasteiger charge is 2.09. The largest absolute Gasteiger partial charge is 0.382 e. The van der Waals surface area contributed by atoms with E-state index in [9.17, 15) is 0 Å². The molecule has 70 valence electrons. The van der Waals surface area contributed by atoms with Gasteiger partial charge in [0, 0.05) is 19.6 Å². The number of hydrogen-bond donors (Lipinski definition) is 1. The molecule has 0 aliphatic rings. The summed E-state index contributed by atoms with van der Waals surface area (Å²) >= 11 is 0. The van der Waals surface area contributed by atoms with Crippen molar-refractivity contribution >= 4 is 0 Å². The molecule has 12 heavy (non-hydrogen) atoms. The average molecular weight is 169 g/mol. The summed E-state index contributed by atoms with van der Waals surface area (Å²) < 4.78 is 5.17. The van der Waals surface area contributed by atoms with Crippen LogP contribution in [0.3, 0.4) is 0 Å². The van der Waals surface area contributed by atoms with Crippen LogP contribution in [0.15, 0.2) is 0 Å². The van der Waals surface area contributed by atoms with Gasteiger partial charge in [-0.2, -0.15) is 0 Å². The zero-order chi connectivity index (χ0) is 9.40. The molecule has 0 bridgehead atoms.